The highest BCUT2D eigenvalue weighted by molar-refractivity contribution is 5.71. The number of carbonyl (C=O) groups excluding carboxylic acids is 3. The van der Waals surface area contributed by atoms with Gasteiger partial charge in [-0.3, -0.25) is 14.4 Å². The fourth-order valence-corrected chi connectivity index (χ4v) is 7.25. The first-order chi connectivity index (χ1) is 26.8. The van der Waals surface area contributed by atoms with E-state index < -0.39 is 6.10 Å². The fraction of sp³-hybridized carbons (Fsp3) is 0.939. The summed E-state index contributed by atoms with van der Waals surface area (Å²) in [7, 11) is 0. The van der Waals surface area contributed by atoms with Crippen LogP contribution in [0.15, 0.2) is 0 Å². The van der Waals surface area contributed by atoms with Crippen LogP contribution in [-0.4, -0.2) is 37.2 Å². The Morgan fingerprint density at radius 3 is 1.04 bits per heavy atom. The Morgan fingerprint density at radius 1 is 0.382 bits per heavy atom. The molecule has 0 N–H and O–H groups in total. The van der Waals surface area contributed by atoms with Gasteiger partial charge < -0.3 is 14.2 Å². The Balaban J connectivity index is 4.32. The molecule has 0 saturated carbocycles. The van der Waals surface area contributed by atoms with Crippen molar-refractivity contribution in [1.29, 1.82) is 0 Å². The van der Waals surface area contributed by atoms with Crippen molar-refractivity contribution in [3.05, 3.63) is 0 Å². The average molecular weight is 779 g/mol. The average Bonchev–Trinajstić information content (AvgIpc) is 3.17. The highest BCUT2D eigenvalue weighted by atomic mass is 16.6. The molecule has 0 bridgehead atoms. The van der Waals surface area contributed by atoms with Crippen LogP contribution in [0.2, 0.25) is 0 Å². The minimum absolute atomic E-state index is 0.0646. The molecule has 6 nitrogen and oxygen atoms in total. The number of rotatable bonds is 43. The van der Waals surface area contributed by atoms with E-state index in [-0.39, 0.29) is 31.1 Å². The SMILES string of the molecule is CCCCCCCCCCCCC(=O)OC[C@H](COC(=O)CCCCCCCCCCC(C)CC)OC(=O)CCCCCCCCCCCCCCC(C)C. The topological polar surface area (TPSA) is 78.9 Å². The molecule has 0 saturated heterocycles. The van der Waals surface area contributed by atoms with Gasteiger partial charge in [-0.25, -0.2) is 0 Å². The molecule has 0 aromatic heterocycles. The molecular formula is C49H94O6. The summed E-state index contributed by atoms with van der Waals surface area (Å²) in [5.74, 6) is 0.825. The van der Waals surface area contributed by atoms with Crippen molar-refractivity contribution in [3.63, 3.8) is 0 Å². The lowest BCUT2D eigenvalue weighted by Gasteiger charge is -2.18. The zero-order valence-corrected chi connectivity index (χ0v) is 37.6. The van der Waals surface area contributed by atoms with Crippen molar-refractivity contribution >= 4 is 17.9 Å². The molecular weight excluding hydrogens is 685 g/mol. The van der Waals surface area contributed by atoms with Crippen LogP contribution in [0.25, 0.3) is 0 Å². The maximum atomic E-state index is 12.7. The van der Waals surface area contributed by atoms with Gasteiger partial charge in [0, 0.05) is 19.3 Å². The van der Waals surface area contributed by atoms with E-state index in [1.165, 1.54) is 154 Å². The van der Waals surface area contributed by atoms with Crippen LogP contribution in [0.1, 0.15) is 266 Å². The normalized spacial score (nSPS) is 12.5. The lowest BCUT2D eigenvalue weighted by molar-refractivity contribution is -0.167. The maximum absolute atomic E-state index is 12.7. The molecule has 0 spiro atoms. The molecule has 0 rings (SSSR count). The van der Waals surface area contributed by atoms with Crippen molar-refractivity contribution in [3.8, 4) is 0 Å². The highest BCUT2D eigenvalue weighted by Gasteiger charge is 2.19. The molecule has 2 atom stereocenters. The lowest BCUT2D eigenvalue weighted by Crippen LogP contribution is -2.30. The van der Waals surface area contributed by atoms with Gasteiger partial charge in [-0.2, -0.15) is 0 Å². The van der Waals surface area contributed by atoms with Gasteiger partial charge in [0.2, 0.25) is 0 Å². The van der Waals surface area contributed by atoms with Gasteiger partial charge in [-0.05, 0) is 31.1 Å². The molecule has 6 heteroatoms. The molecule has 1 unspecified atom stereocenters. The summed E-state index contributed by atoms with van der Waals surface area (Å²) in [5.41, 5.74) is 0. The predicted molar refractivity (Wildman–Crippen MR) is 233 cm³/mol. The minimum Gasteiger partial charge on any atom is -0.462 e. The zero-order valence-electron chi connectivity index (χ0n) is 37.6. The Kier molecular flexibility index (Phi) is 40.8. The molecule has 326 valence electrons. The molecule has 55 heavy (non-hydrogen) atoms. The number of ether oxygens (including phenoxy) is 3. The van der Waals surface area contributed by atoms with E-state index in [1.54, 1.807) is 0 Å². The molecule has 0 heterocycles. The number of unbranched alkanes of at least 4 members (excludes halogenated alkanes) is 27. The van der Waals surface area contributed by atoms with Gasteiger partial charge >= 0.3 is 17.9 Å². The van der Waals surface area contributed by atoms with Gasteiger partial charge in [0.1, 0.15) is 13.2 Å². The van der Waals surface area contributed by atoms with E-state index in [2.05, 4.69) is 34.6 Å². The number of hydrogen-bond donors (Lipinski definition) is 0. The van der Waals surface area contributed by atoms with Gasteiger partial charge in [-0.1, -0.05) is 227 Å². The summed E-state index contributed by atoms with van der Waals surface area (Å²) >= 11 is 0. The van der Waals surface area contributed by atoms with Crippen molar-refractivity contribution in [2.45, 2.75) is 272 Å². The van der Waals surface area contributed by atoms with Gasteiger partial charge in [0.15, 0.2) is 6.10 Å². The molecule has 0 aliphatic heterocycles. The predicted octanol–water partition coefficient (Wildman–Crippen LogP) is 15.4. The molecule has 0 amide bonds. The van der Waals surface area contributed by atoms with Crippen LogP contribution in [0.4, 0.5) is 0 Å². The monoisotopic (exact) mass is 779 g/mol. The third-order valence-electron chi connectivity index (χ3n) is 11.3. The third kappa shape index (κ3) is 41.9. The van der Waals surface area contributed by atoms with Crippen LogP contribution < -0.4 is 0 Å². The lowest BCUT2D eigenvalue weighted by atomic mass is 9.99. The van der Waals surface area contributed by atoms with Crippen molar-refractivity contribution in [2.24, 2.45) is 11.8 Å². The maximum Gasteiger partial charge on any atom is 0.306 e. The Labute approximate surface area is 342 Å². The van der Waals surface area contributed by atoms with E-state index in [0.717, 1.165) is 69.6 Å². The first kappa shape index (κ1) is 53.4. The molecule has 0 aliphatic rings. The van der Waals surface area contributed by atoms with Crippen LogP contribution in [0, 0.1) is 11.8 Å². The largest absolute Gasteiger partial charge is 0.462 e. The second-order valence-corrected chi connectivity index (χ2v) is 17.5. The van der Waals surface area contributed by atoms with Crippen LogP contribution in [0.5, 0.6) is 0 Å². The van der Waals surface area contributed by atoms with Gasteiger partial charge in [-0.15, -0.1) is 0 Å². The molecule has 0 aromatic rings. The first-order valence-electron chi connectivity index (χ1n) is 24.3. The van der Waals surface area contributed by atoms with Crippen molar-refractivity contribution in [2.75, 3.05) is 13.2 Å². The smallest absolute Gasteiger partial charge is 0.306 e. The summed E-state index contributed by atoms with van der Waals surface area (Å²) in [4.78, 5) is 37.8. The second kappa shape index (κ2) is 42.0. The van der Waals surface area contributed by atoms with E-state index in [0.29, 0.717) is 19.3 Å². The van der Waals surface area contributed by atoms with Crippen LogP contribution in [-0.2, 0) is 28.6 Å². The van der Waals surface area contributed by atoms with E-state index in [9.17, 15) is 14.4 Å². The summed E-state index contributed by atoms with van der Waals surface area (Å²) in [6.45, 7) is 11.4. The standard InChI is InChI=1S/C49H94O6/c1-6-8-9-10-11-12-18-24-29-34-39-47(50)53-42-46(43-54-48(51)40-35-30-25-21-20-23-28-33-38-45(5)7-2)55-49(52)41-36-31-26-19-16-14-13-15-17-22-27-32-37-44(3)4/h44-46H,6-43H2,1-5H3/t45?,46-/m1/s1. The summed E-state index contributed by atoms with van der Waals surface area (Å²) in [6, 6.07) is 0. The van der Waals surface area contributed by atoms with Crippen molar-refractivity contribution in [1.82, 2.24) is 0 Å². The number of hydrogen-bond acceptors (Lipinski definition) is 6. The van der Waals surface area contributed by atoms with Crippen LogP contribution in [0.3, 0.4) is 0 Å². The van der Waals surface area contributed by atoms with E-state index in [1.807, 2.05) is 0 Å². The molecule has 0 aromatic carbocycles. The van der Waals surface area contributed by atoms with Crippen molar-refractivity contribution < 1.29 is 28.6 Å². The van der Waals surface area contributed by atoms with Crippen LogP contribution >= 0.6 is 0 Å². The molecule has 0 aliphatic carbocycles. The Bertz CT molecular complexity index is 841. The highest BCUT2D eigenvalue weighted by Crippen LogP contribution is 2.17. The molecule has 0 fully saturated rings. The minimum atomic E-state index is -0.761. The number of esters is 3. The Hall–Kier alpha value is -1.59. The number of carbonyl (C=O) groups is 3. The van der Waals surface area contributed by atoms with Gasteiger partial charge in [0.25, 0.3) is 0 Å². The zero-order chi connectivity index (χ0) is 40.5. The molecule has 0 radical (unpaired) electrons. The quantitative estimate of drug-likeness (QED) is 0.0348. The summed E-state index contributed by atoms with van der Waals surface area (Å²) < 4.78 is 16.7. The summed E-state index contributed by atoms with van der Waals surface area (Å²) in [6.07, 6.45) is 40.8. The third-order valence-corrected chi connectivity index (χ3v) is 11.3. The van der Waals surface area contributed by atoms with E-state index in [4.69, 9.17) is 14.2 Å². The Morgan fingerprint density at radius 2 is 0.691 bits per heavy atom. The second-order valence-electron chi connectivity index (χ2n) is 17.5. The summed E-state index contributed by atoms with van der Waals surface area (Å²) in [5, 5.41) is 0. The van der Waals surface area contributed by atoms with Gasteiger partial charge in [0.05, 0.1) is 0 Å². The fourth-order valence-electron chi connectivity index (χ4n) is 7.25. The first-order valence-corrected chi connectivity index (χ1v) is 24.3. The van der Waals surface area contributed by atoms with E-state index >= 15 is 0 Å².